The van der Waals surface area contributed by atoms with Crippen molar-refractivity contribution in [2.45, 2.75) is 19.8 Å². The molecule has 0 amide bonds. The largest absolute Gasteiger partial charge is 0.383 e. The Morgan fingerprint density at radius 1 is 1.43 bits per heavy atom. The van der Waals surface area contributed by atoms with Crippen LogP contribution in [0.1, 0.15) is 19.0 Å². The van der Waals surface area contributed by atoms with Gasteiger partial charge >= 0.3 is 0 Å². The zero-order valence-electron chi connectivity index (χ0n) is 11.4. The molecule has 0 aliphatic heterocycles. The minimum absolute atomic E-state index is 0.0217. The van der Waals surface area contributed by atoms with E-state index in [9.17, 15) is 10.1 Å². The summed E-state index contributed by atoms with van der Waals surface area (Å²) in [7, 11) is 0. The van der Waals surface area contributed by atoms with Gasteiger partial charge in [-0.15, -0.1) is 0 Å². The van der Waals surface area contributed by atoms with Crippen LogP contribution in [0.4, 0.5) is 11.5 Å². The van der Waals surface area contributed by atoms with Crippen molar-refractivity contribution in [3.05, 3.63) is 40.1 Å². The average molecular weight is 286 g/mol. The molecular weight excluding hydrogens is 272 g/mol. The molecule has 0 aliphatic rings. The Morgan fingerprint density at radius 3 is 2.90 bits per heavy atom. The molecule has 2 aromatic heterocycles. The number of nitro benzene ring substituents is 1. The van der Waals surface area contributed by atoms with Gasteiger partial charge in [0.15, 0.2) is 5.65 Å². The van der Waals surface area contributed by atoms with Crippen LogP contribution in [0.3, 0.4) is 0 Å². The van der Waals surface area contributed by atoms with Crippen LogP contribution in [-0.2, 0) is 6.42 Å². The molecule has 3 N–H and O–H groups in total. The Kier molecular flexibility index (Phi) is 3.05. The fourth-order valence-corrected chi connectivity index (χ4v) is 2.38. The number of aromatic nitrogens is 4. The first-order chi connectivity index (χ1) is 10.1. The molecule has 0 atom stereocenters. The number of H-pyrrole nitrogens is 1. The highest BCUT2D eigenvalue weighted by atomic mass is 16.6. The van der Waals surface area contributed by atoms with Crippen molar-refractivity contribution in [2.75, 3.05) is 5.73 Å². The maximum atomic E-state index is 11.2. The van der Waals surface area contributed by atoms with Gasteiger partial charge in [0, 0.05) is 6.07 Å². The molecule has 0 spiro atoms. The van der Waals surface area contributed by atoms with E-state index in [2.05, 4.69) is 15.3 Å². The smallest absolute Gasteiger partial charge is 0.294 e. The summed E-state index contributed by atoms with van der Waals surface area (Å²) in [5.41, 5.74) is 7.54. The third kappa shape index (κ3) is 2.00. The van der Waals surface area contributed by atoms with Crippen molar-refractivity contribution < 1.29 is 4.92 Å². The fraction of sp³-hybridized carbons (Fsp3) is 0.231. The van der Waals surface area contributed by atoms with Gasteiger partial charge in [0.05, 0.1) is 16.0 Å². The number of anilines is 1. The van der Waals surface area contributed by atoms with Gasteiger partial charge in [0.2, 0.25) is 0 Å². The van der Waals surface area contributed by atoms with Crippen LogP contribution in [0.25, 0.3) is 16.7 Å². The normalized spacial score (nSPS) is 11.1. The predicted molar refractivity (Wildman–Crippen MR) is 78.3 cm³/mol. The first-order valence-electron chi connectivity index (χ1n) is 6.58. The second-order valence-electron chi connectivity index (χ2n) is 4.69. The highest BCUT2D eigenvalue weighted by Gasteiger charge is 2.22. The van der Waals surface area contributed by atoms with Gasteiger partial charge in [-0.1, -0.05) is 25.5 Å². The molecule has 21 heavy (non-hydrogen) atoms. The fourth-order valence-electron chi connectivity index (χ4n) is 2.38. The molecular formula is C13H14N6O2. The number of nitrogens with one attached hydrogen (secondary N) is 1. The number of benzene rings is 1. The highest BCUT2D eigenvalue weighted by Crippen LogP contribution is 2.29. The number of nitrogens with zero attached hydrogens (tertiary/aromatic N) is 4. The Morgan fingerprint density at radius 2 is 2.19 bits per heavy atom. The van der Waals surface area contributed by atoms with Gasteiger partial charge in [0.25, 0.3) is 5.69 Å². The third-order valence-electron chi connectivity index (χ3n) is 3.28. The molecule has 108 valence electrons. The molecule has 0 fully saturated rings. The number of fused-ring (bicyclic) bond motifs is 1. The van der Waals surface area contributed by atoms with Crippen LogP contribution in [-0.4, -0.2) is 24.9 Å². The molecule has 3 rings (SSSR count). The summed E-state index contributed by atoms with van der Waals surface area (Å²) in [6.45, 7) is 2.03. The number of para-hydroxylation sites is 2. The van der Waals surface area contributed by atoms with E-state index in [1.54, 1.807) is 18.2 Å². The lowest BCUT2D eigenvalue weighted by molar-refractivity contribution is -0.384. The number of aromatic amines is 1. The Bertz CT molecular complexity index is 819. The lowest BCUT2D eigenvalue weighted by Crippen LogP contribution is -2.03. The lowest BCUT2D eigenvalue weighted by Gasteiger charge is -2.02. The summed E-state index contributed by atoms with van der Waals surface area (Å²) in [5, 5.41) is 23.2. The van der Waals surface area contributed by atoms with Crippen LogP contribution in [0, 0.1) is 10.1 Å². The van der Waals surface area contributed by atoms with Gasteiger partial charge in [-0.3, -0.25) is 15.2 Å². The molecule has 0 saturated heterocycles. The monoisotopic (exact) mass is 286 g/mol. The van der Waals surface area contributed by atoms with Crippen LogP contribution >= 0.6 is 0 Å². The summed E-state index contributed by atoms with van der Waals surface area (Å²) < 4.78 is 1.48. The van der Waals surface area contributed by atoms with Crippen molar-refractivity contribution >= 4 is 22.5 Å². The second-order valence-corrected chi connectivity index (χ2v) is 4.69. The molecule has 3 aromatic rings. The number of rotatable bonds is 4. The molecule has 0 bridgehead atoms. The molecule has 8 nitrogen and oxygen atoms in total. The molecule has 8 heteroatoms. The maximum absolute atomic E-state index is 11.2. The summed E-state index contributed by atoms with van der Waals surface area (Å²) >= 11 is 0. The van der Waals surface area contributed by atoms with Gasteiger partial charge in [0.1, 0.15) is 11.5 Å². The predicted octanol–water partition coefficient (Wildman–Crippen LogP) is 2.19. The zero-order valence-corrected chi connectivity index (χ0v) is 11.4. The van der Waals surface area contributed by atoms with Gasteiger partial charge in [-0.05, 0) is 12.5 Å². The molecule has 0 saturated carbocycles. The molecule has 0 radical (unpaired) electrons. The van der Waals surface area contributed by atoms with Crippen LogP contribution < -0.4 is 5.73 Å². The number of aryl methyl sites for hydroxylation is 1. The van der Waals surface area contributed by atoms with E-state index in [4.69, 9.17) is 5.73 Å². The minimum atomic E-state index is -0.432. The topological polar surface area (TPSA) is 116 Å². The molecule has 0 aliphatic carbocycles. The number of nitrogen functional groups attached to an aromatic ring is 1. The Hall–Kier alpha value is -2.90. The minimum Gasteiger partial charge on any atom is -0.383 e. The summed E-state index contributed by atoms with van der Waals surface area (Å²) in [6.07, 6.45) is 1.63. The maximum Gasteiger partial charge on any atom is 0.294 e. The average Bonchev–Trinajstić information content (AvgIpc) is 3.01. The summed E-state index contributed by atoms with van der Waals surface area (Å²) in [4.78, 5) is 10.7. The van der Waals surface area contributed by atoms with E-state index < -0.39 is 4.92 Å². The van der Waals surface area contributed by atoms with Crippen molar-refractivity contribution in [3.8, 4) is 5.69 Å². The highest BCUT2D eigenvalue weighted by molar-refractivity contribution is 5.90. The summed E-state index contributed by atoms with van der Waals surface area (Å²) in [5.74, 6) is 0.429. The zero-order chi connectivity index (χ0) is 15.0. The molecule has 1 aromatic carbocycles. The van der Waals surface area contributed by atoms with Crippen LogP contribution in [0.2, 0.25) is 0 Å². The van der Waals surface area contributed by atoms with Gasteiger partial charge in [-0.2, -0.15) is 10.2 Å². The second kappa shape index (κ2) is 4.89. The quantitative estimate of drug-likeness (QED) is 0.563. The number of nitrogens with two attached hydrogens (primary N) is 1. The van der Waals surface area contributed by atoms with E-state index in [0.717, 1.165) is 23.9 Å². The number of nitro groups is 1. The summed E-state index contributed by atoms with van der Waals surface area (Å²) in [6, 6.07) is 6.43. The van der Waals surface area contributed by atoms with E-state index in [0.29, 0.717) is 17.2 Å². The number of hydrogen-bond donors (Lipinski definition) is 2. The first-order valence-corrected chi connectivity index (χ1v) is 6.58. The first kappa shape index (κ1) is 13.1. The van der Waals surface area contributed by atoms with Crippen molar-refractivity contribution in [3.63, 3.8) is 0 Å². The van der Waals surface area contributed by atoms with Crippen molar-refractivity contribution in [2.24, 2.45) is 0 Å². The van der Waals surface area contributed by atoms with Gasteiger partial charge in [-0.25, -0.2) is 4.68 Å². The SMILES string of the molecule is CCCc1nn(-c2ccccc2[N+](=O)[O-])c2n[nH]c(N)c12. The lowest BCUT2D eigenvalue weighted by atomic mass is 10.2. The molecule has 2 heterocycles. The van der Waals surface area contributed by atoms with E-state index >= 15 is 0 Å². The Balaban J connectivity index is 2.29. The van der Waals surface area contributed by atoms with E-state index in [1.807, 2.05) is 6.92 Å². The van der Waals surface area contributed by atoms with E-state index in [-0.39, 0.29) is 5.69 Å². The number of hydrogen-bond acceptors (Lipinski definition) is 5. The van der Waals surface area contributed by atoms with Crippen LogP contribution in [0.5, 0.6) is 0 Å². The third-order valence-corrected chi connectivity index (χ3v) is 3.28. The van der Waals surface area contributed by atoms with Crippen LogP contribution in [0.15, 0.2) is 24.3 Å². The Labute approximate surface area is 119 Å². The van der Waals surface area contributed by atoms with Gasteiger partial charge < -0.3 is 5.73 Å². The molecule has 0 unspecified atom stereocenters. The van der Waals surface area contributed by atoms with Crippen molar-refractivity contribution in [1.82, 2.24) is 20.0 Å². The van der Waals surface area contributed by atoms with E-state index in [1.165, 1.54) is 10.7 Å². The van der Waals surface area contributed by atoms with Crippen molar-refractivity contribution in [1.29, 1.82) is 0 Å². The standard InChI is InChI=1S/C13H14N6O2/c1-2-5-8-11-12(14)15-16-13(11)18(17-8)9-6-3-4-7-10(9)19(20)21/h3-4,6-7H,2,5H2,1H3,(H3,14,15,16).